The molecule has 0 aromatic carbocycles. The van der Waals surface area contributed by atoms with E-state index in [9.17, 15) is 13.2 Å². The van der Waals surface area contributed by atoms with E-state index in [2.05, 4.69) is 15.0 Å². The summed E-state index contributed by atoms with van der Waals surface area (Å²) in [5.74, 6) is 1.82. The lowest BCUT2D eigenvalue weighted by Crippen LogP contribution is -2.52. The summed E-state index contributed by atoms with van der Waals surface area (Å²) >= 11 is 1.47. The molecular formula is C19H24N4O4S2. The predicted octanol–water partition coefficient (Wildman–Crippen LogP) is 1.62. The second-order valence-electron chi connectivity index (χ2n) is 7.46. The van der Waals surface area contributed by atoms with Gasteiger partial charge in [0.1, 0.15) is 10.8 Å². The molecule has 2 aromatic heterocycles. The van der Waals surface area contributed by atoms with Crippen LogP contribution in [-0.4, -0.2) is 78.0 Å². The minimum Gasteiger partial charge on any atom is -0.361 e. The third-order valence-electron chi connectivity index (χ3n) is 5.36. The minimum absolute atomic E-state index is 0.0318. The zero-order valence-corrected chi connectivity index (χ0v) is 17.9. The molecule has 4 heterocycles. The van der Waals surface area contributed by atoms with Crippen molar-refractivity contribution < 1.29 is 17.7 Å². The number of rotatable bonds is 5. The van der Waals surface area contributed by atoms with Gasteiger partial charge in [-0.3, -0.25) is 9.69 Å². The summed E-state index contributed by atoms with van der Waals surface area (Å²) < 4.78 is 28.6. The number of carbonyl (C=O) groups excluding carboxylic acids is 1. The van der Waals surface area contributed by atoms with E-state index in [1.807, 2.05) is 24.0 Å². The van der Waals surface area contributed by atoms with Gasteiger partial charge in [0.25, 0.3) is 5.91 Å². The first-order valence-corrected chi connectivity index (χ1v) is 12.5. The SMILES string of the molecule is Cc1cc(CSc2ncccc2C(=O)N2CCN([C@@H]3CCS(=O)(=O)C3)CC2)no1. The van der Waals surface area contributed by atoms with Gasteiger partial charge in [0, 0.05) is 50.2 Å². The van der Waals surface area contributed by atoms with E-state index in [4.69, 9.17) is 4.52 Å². The van der Waals surface area contributed by atoms with Gasteiger partial charge in [-0.25, -0.2) is 13.4 Å². The number of amides is 1. The van der Waals surface area contributed by atoms with E-state index in [0.29, 0.717) is 48.9 Å². The zero-order chi connectivity index (χ0) is 20.4. The van der Waals surface area contributed by atoms with E-state index in [1.54, 1.807) is 12.3 Å². The van der Waals surface area contributed by atoms with Crippen molar-refractivity contribution in [2.75, 3.05) is 37.7 Å². The Bertz CT molecular complexity index is 984. The molecule has 0 unspecified atom stereocenters. The highest BCUT2D eigenvalue weighted by Gasteiger charge is 2.34. The lowest BCUT2D eigenvalue weighted by atomic mass is 10.1. The van der Waals surface area contributed by atoms with Crippen LogP contribution >= 0.6 is 11.8 Å². The summed E-state index contributed by atoms with van der Waals surface area (Å²) in [6.07, 6.45) is 2.38. The minimum atomic E-state index is -2.90. The van der Waals surface area contributed by atoms with Gasteiger partial charge in [-0.1, -0.05) is 16.9 Å². The third-order valence-corrected chi connectivity index (χ3v) is 8.15. The number of hydrogen-bond donors (Lipinski definition) is 0. The first-order chi connectivity index (χ1) is 13.9. The molecule has 0 aliphatic carbocycles. The topological polar surface area (TPSA) is 96.6 Å². The van der Waals surface area contributed by atoms with Gasteiger partial charge in [-0.15, -0.1) is 0 Å². The van der Waals surface area contributed by atoms with Crippen molar-refractivity contribution in [3.63, 3.8) is 0 Å². The average molecular weight is 437 g/mol. The maximum Gasteiger partial charge on any atom is 0.256 e. The Morgan fingerprint density at radius 1 is 1.31 bits per heavy atom. The van der Waals surface area contributed by atoms with Crippen LogP contribution in [0, 0.1) is 6.92 Å². The van der Waals surface area contributed by atoms with Crippen molar-refractivity contribution in [3.8, 4) is 0 Å². The number of piperazine rings is 1. The standard InChI is InChI=1S/C19H24N4O4S2/c1-14-11-15(21-27-14)12-28-18-17(3-2-5-20-18)19(24)23-8-6-22(7-9-23)16-4-10-29(25,26)13-16/h2-3,5,11,16H,4,6-10,12-13H2,1H3/t16-/m1/s1. The molecule has 156 valence electrons. The van der Waals surface area contributed by atoms with E-state index < -0.39 is 9.84 Å². The fraction of sp³-hybridized carbons (Fsp3) is 0.526. The lowest BCUT2D eigenvalue weighted by molar-refractivity contribution is 0.0584. The number of hydrogen-bond acceptors (Lipinski definition) is 8. The Morgan fingerprint density at radius 2 is 2.10 bits per heavy atom. The van der Waals surface area contributed by atoms with Gasteiger partial charge in [-0.2, -0.15) is 0 Å². The summed E-state index contributed by atoms with van der Waals surface area (Å²) in [5.41, 5.74) is 1.41. The zero-order valence-electron chi connectivity index (χ0n) is 16.3. The first kappa shape index (κ1) is 20.4. The summed E-state index contributed by atoms with van der Waals surface area (Å²) in [6.45, 7) is 4.44. The second-order valence-corrected chi connectivity index (χ2v) is 10.7. The highest BCUT2D eigenvalue weighted by molar-refractivity contribution is 7.98. The molecular weight excluding hydrogens is 412 g/mol. The number of carbonyl (C=O) groups is 1. The number of aryl methyl sites for hydroxylation is 1. The average Bonchev–Trinajstić information content (AvgIpc) is 3.31. The third kappa shape index (κ3) is 4.81. The van der Waals surface area contributed by atoms with E-state index in [-0.39, 0.29) is 23.5 Å². The van der Waals surface area contributed by atoms with Crippen LogP contribution in [0.15, 0.2) is 33.9 Å². The van der Waals surface area contributed by atoms with Crippen molar-refractivity contribution in [1.82, 2.24) is 19.9 Å². The molecule has 0 spiro atoms. The molecule has 0 N–H and O–H groups in total. The number of sulfone groups is 1. The fourth-order valence-electron chi connectivity index (χ4n) is 3.82. The fourth-order valence-corrected chi connectivity index (χ4v) is 6.45. The molecule has 2 aliphatic rings. The summed E-state index contributed by atoms with van der Waals surface area (Å²) in [4.78, 5) is 21.5. The van der Waals surface area contributed by atoms with Crippen LogP contribution < -0.4 is 0 Å². The molecule has 10 heteroatoms. The Balaban J connectivity index is 1.37. The number of pyridine rings is 1. The Hall–Kier alpha value is -1.91. The van der Waals surface area contributed by atoms with Crippen LogP contribution in [-0.2, 0) is 15.6 Å². The summed E-state index contributed by atoms with van der Waals surface area (Å²) in [6, 6.07) is 5.55. The second kappa shape index (κ2) is 8.45. The number of aromatic nitrogens is 2. The molecule has 0 bridgehead atoms. The van der Waals surface area contributed by atoms with Crippen molar-refractivity contribution >= 4 is 27.5 Å². The first-order valence-electron chi connectivity index (χ1n) is 9.65. The highest BCUT2D eigenvalue weighted by atomic mass is 32.2. The van der Waals surface area contributed by atoms with Crippen molar-refractivity contribution in [2.45, 2.75) is 30.2 Å². The van der Waals surface area contributed by atoms with Gasteiger partial charge in [-0.05, 0) is 25.5 Å². The molecule has 1 amide bonds. The molecule has 0 saturated carbocycles. The molecule has 2 aromatic rings. The monoisotopic (exact) mass is 436 g/mol. The van der Waals surface area contributed by atoms with Crippen LogP contribution in [0.4, 0.5) is 0 Å². The lowest BCUT2D eigenvalue weighted by Gasteiger charge is -2.37. The van der Waals surface area contributed by atoms with Crippen molar-refractivity contribution in [2.24, 2.45) is 0 Å². The predicted molar refractivity (Wildman–Crippen MR) is 110 cm³/mol. The molecule has 8 nitrogen and oxygen atoms in total. The maximum atomic E-state index is 13.1. The van der Waals surface area contributed by atoms with Gasteiger partial charge in [0.2, 0.25) is 0 Å². The van der Waals surface area contributed by atoms with Crippen molar-refractivity contribution in [1.29, 1.82) is 0 Å². The van der Waals surface area contributed by atoms with E-state index >= 15 is 0 Å². The Morgan fingerprint density at radius 3 is 2.76 bits per heavy atom. The largest absolute Gasteiger partial charge is 0.361 e. The summed E-state index contributed by atoms with van der Waals surface area (Å²) in [5, 5.41) is 4.67. The number of nitrogens with zero attached hydrogens (tertiary/aromatic N) is 4. The molecule has 29 heavy (non-hydrogen) atoms. The van der Waals surface area contributed by atoms with Gasteiger partial charge in [0.05, 0.1) is 22.8 Å². The quantitative estimate of drug-likeness (QED) is 0.653. The van der Waals surface area contributed by atoms with Crippen LogP contribution in [0.3, 0.4) is 0 Å². The molecule has 2 fully saturated rings. The van der Waals surface area contributed by atoms with Gasteiger partial charge >= 0.3 is 0 Å². The molecule has 2 aliphatic heterocycles. The summed E-state index contributed by atoms with van der Waals surface area (Å²) in [7, 11) is -2.90. The van der Waals surface area contributed by atoms with Crippen molar-refractivity contribution in [3.05, 3.63) is 41.4 Å². The molecule has 0 radical (unpaired) electrons. The van der Waals surface area contributed by atoms with Gasteiger partial charge < -0.3 is 9.42 Å². The Labute approximate surface area is 174 Å². The smallest absolute Gasteiger partial charge is 0.256 e. The van der Waals surface area contributed by atoms with Crippen LogP contribution in [0.5, 0.6) is 0 Å². The van der Waals surface area contributed by atoms with Crippen LogP contribution in [0.1, 0.15) is 28.2 Å². The number of thioether (sulfide) groups is 1. The molecule has 4 rings (SSSR count). The maximum absolute atomic E-state index is 13.1. The van der Waals surface area contributed by atoms with Gasteiger partial charge in [0.15, 0.2) is 9.84 Å². The normalized spacial score (nSPS) is 22.1. The molecule has 2 saturated heterocycles. The van der Waals surface area contributed by atoms with Crippen LogP contribution in [0.25, 0.3) is 0 Å². The van der Waals surface area contributed by atoms with E-state index in [0.717, 1.165) is 11.5 Å². The Kier molecular flexibility index (Phi) is 5.93. The van der Waals surface area contributed by atoms with Crippen LogP contribution in [0.2, 0.25) is 0 Å². The van der Waals surface area contributed by atoms with E-state index in [1.165, 1.54) is 11.8 Å². The molecule has 1 atom stereocenters. The highest BCUT2D eigenvalue weighted by Crippen LogP contribution is 2.26.